The molecule has 0 fully saturated rings. The Morgan fingerprint density at radius 2 is 1.08 bits per heavy atom. The predicted molar refractivity (Wildman–Crippen MR) is 273 cm³/mol. The SMILES string of the molecule is C/C=C\C(=C/C)c1ccc(C)cc1.C=C/C(=C\c1sc(/C=C\CC)c(C)c1C)c1cccc(C)c1.CC.CC1(C)c2ccccc2-c2ccccc21.Cc1ccc(C)cc1. The Balaban J connectivity index is 0.000000222. The zero-order chi connectivity index (χ0) is 44.2. The highest BCUT2D eigenvalue weighted by molar-refractivity contribution is 7.14. The summed E-state index contributed by atoms with van der Waals surface area (Å²) in [4.78, 5) is 2.68. The van der Waals surface area contributed by atoms with Crippen LogP contribution in [0.3, 0.4) is 0 Å². The third kappa shape index (κ3) is 13.5. The second kappa shape index (κ2) is 24.6. The second-order valence-corrected chi connectivity index (χ2v) is 16.6. The van der Waals surface area contributed by atoms with Crippen LogP contribution in [0.4, 0.5) is 0 Å². The van der Waals surface area contributed by atoms with Gasteiger partial charge in [-0.05, 0) is 130 Å². The molecular weight excluding hydrogens is 741 g/mol. The van der Waals surface area contributed by atoms with Crippen molar-refractivity contribution < 1.29 is 0 Å². The largest absolute Gasteiger partial charge is 0.136 e. The molecule has 1 heteroatoms. The van der Waals surface area contributed by atoms with E-state index in [2.05, 4.69) is 234 Å². The van der Waals surface area contributed by atoms with Crippen molar-refractivity contribution >= 4 is 34.6 Å². The highest BCUT2D eigenvalue weighted by Gasteiger charge is 2.34. The monoisotopic (exact) mass is 811 g/mol. The number of thiophene rings is 1. The first kappa shape index (κ1) is 48.9. The lowest BCUT2D eigenvalue weighted by atomic mass is 9.82. The molecule has 0 saturated heterocycles. The molecule has 0 radical (unpaired) electrons. The number of allylic oxidation sites excluding steroid dienone is 7. The summed E-state index contributed by atoms with van der Waals surface area (Å²) >= 11 is 1.86. The Morgan fingerprint density at radius 1 is 0.583 bits per heavy atom. The van der Waals surface area contributed by atoms with E-state index in [0.29, 0.717) is 0 Å². The Bertz CT molecular complexity index is 2300. The molecule has 0 saturated carbocycles. The van der Waals surface area contributed by atoms with E-state index < -0.39 is 0 Å². The maximum atomic E-state index is 3.99. The minimum absolute atomic E-state index is 0.160. The molecule has 1 aliphatic carbocycles. The van der Waals surface area contributed by atoms with Crippen LogP contribution in [0.5, 0.6) is 0 Å². The van der Waals surface area contributed by atoms with Gasteiger partial charge in [0.1, 0.15) is 0 Å². The molecule has 5 aromatic carbocycles. The smallest absolute Gasteiger partial charge is 0.0314 e. The molecule has 1 heterocycles. The minimum Gasteiger partial charge on any atom is -0.136 e. The van der Waals surface area contributed by atoms with Gasteiger partial charge >= 0.3 is 0 Å². The van der Waals surface area contributed by atoms with Gasteiger partial charge in [-0.1, -0.05) is 215 Å². The molecule has 0 spiro atoms. The first-order valence-corrected chi connectivity index (χ1v) is 22.4. The van der Waals surface area contributed by atoms with Gasteiger partial charge < -0.3 is 0 Å². The van der Waals surface area contributed by atoms with E-state index in [1.807, 2.05) is 38.2 Å². The molecule has 1 aromatic heterocycles. The number of aryl methyl sites for hydroxylation is 4. The van der Waals surface area contributed by atoms with Crippen LogP contribution >= 0.6 is 11.3 Å². The molecule has 1 aliphatic rings. The molecule has 0 bridgehead atoms. The number of fused-ring (bicyclic) bond motifs is 3. The van der Waals surface area contributed by atoms with Gasteiger partial charge in [-0.3, -0.25) is 0 Å². The van der Waals surface area contributed by atoms with Crippen molar-refractivity contribution in [2.45, 2.75) is 102 Å². The van der Waals surface area contributed by atoms with Crippen LogP contribution < -0.4 is 0 Å². The molecule has 0 atom stereocenters. The summed E-state index contributed by atoms with van der Waals surface area (Å²) in [5.41, 5.74) is 18.8. The summed E-state index contributed by atoms with van der Waals surface area (Å²) in [6, 6.07) is 43.1. The number of rotatable bonds is 7. The quantitative estimate of drug-likeness (QED) is 0.141. The van der Waals surface area contributed by atoms with Gasteiger partial charge in [-0.2, -0.15) is 0 Å². The predicted octanol–water partition coefficient (Wildman–Crippen LogP) is 18.1. The van der Waals surface area contributed by atoms with Gasteiger partial charge in [0.25, 0.3) is 0 Å². The lowest BCUT2D eigenvalue weighted by Crippen LogP contribution is -2.14. The van der Waals surface area contributed by atoms with Crippen molar-refractivity contribution in [1.29, 1.82) is 0 Å². The molecule has 0 unspecified atom stereocenters. The number of hydrogen-bond donors (Lipinski definition) is 0. The highest BCUT2D eigenvalue weighted by Crippen LogP contribution is 2.48. The van der Waals surface area contributed by atoms with Crippen LogP contribution in [-0.2, 0) is 5.41 Å². The number of benzene rings is 5. The third-order valence-electron chi connectivity index (χ3n) is 10.6. The van der Waals surface area contributed by atoms with Gasteiger partial charge in [0, 0.05) is 15.2 Å². The van der Waals surface area contributed by atoms with E-state index in [-0.39, 0.29) is 5.41 Å². The molecule has 0 aliphatic heterocycles. The fourth-order valence-electron chi connectivity index (χ4n) is 6.98. The average molecular weight is 811 g/mol. The Hall–Kier alpha value is -5.50. The van der Waals surface area contributed by atoms with Crippen LogP contribution in [0, 0.1) is 41.5 Å². The van der Waals surface area contributed by atoms with E-state index in [1.54, 1.807) is 0 Å². The first-order chi connectivity index (χ1) is 28.8. The summed E-state index contributed by atoms with van der Waals surface area (Å²) in [6.07, 6.45) is 16.1. The summed E-state index contributed by atoms with van der Waals surface area (Å²) in [6.45, 7) is 31.7. The van der Waals surface area contributed by atoms with E-state index in [9.17, 15) is 0 Å². The molecule has 312 valence electrons. The van der Waals surface area contributed by atoms with E-state index in [0.717, 1.165) is 6.42 Å². The molecule has 60 heavy (non-hydrogen) atoms. The third-order valence-corrected chi connectivity index (χ3v) is 11.9. The van der Waals surface area contributed by atoms with Crippen LogP contribution in [0.25, 0.3) is 34.4 Å². The highest BCUT2D eigenvalue weighted by atomic mass is 32.1. The maximum Gasteiger partial charge on any atom is 0.0314 e. The summed E-state index contributed by atoms with van der Waals surface area (Å²) in [5.74, 6) is 0. The molecular formula is C59H70S. The fourth-order valence-corrected chi connectivity index (χ4v) is 8.18. The summed E-state index contributed by atoms with van der Waals surface area (Å²) < 4.78 is 0. The van der Waals surface area contributed by atoms with Crippen molar-refractivity contribution in [1.82, 2.24) is 0 Å². The van der Waals surface area contributed by atoms with Crippen molar-refractivity contribution in [3.05, 3.63) is 224 Å². The van der Waals surface area contributed by atoms with Crippen molar-refractivity contribution in [2.24, 2.45) is 0 Å². The fraction of sp³-hybridized carbons (Fsp3) is 0.254. The topological polar surface area (TPSA) is 0 Å². The van der Waals surface area contributed by atoms with Crippen LogP contribution in [0.2, 0.25) is 0 Å². The standard InChI is InChI=1S/C21H24S.C15H14.C13H16.C8H10.C2H6/c1-6-8-12-20-16(4)17(5)21(22-20)14-18(7-2)19-11-9-10-15(3)13-19;1-15(2)13-9-5-3-7-11(13)12-8-4-6-10-14(12)15;1-4-6-12(5-2)13-9-7-11(3)8-10-13;1-7-3-5-8(2)6-4-7;1-2/h7-14H,2,6H2,1,3-5H3;3-10H,1-2H3;4-10H,1-3H3;3-6H,1-2H3;1-2H3/b12-8-,18-14+;;6-4-,12-5+;;. The minimum atomic E-state index is 0.160. The van der Waals surface area contributed by atoms with Gasteiger partial charge in [-0.25, -0.2) is 0 Å². The van der Waals surface area contributed by atoms with Gasteiger partial charge in [0.2, 0.25) is 0 Å². The molecule has 0 amide bonds. The molecule has 7 rings (SSSR count). The summed E-state index contributed by atoms with van der Waals surface area (Å²) in [5, 5.41) is 0. The molecule has 0 N–H and O–H groups in total. The first-order valence-electron chi connectivity index (χ1n) is 21.6. The van der Waals surface area contributed by atoms with E-state index >= 15 is 0 Å². The Kier molecular flexibility index (Phi) is 20.0. The Morgan fingerprint density at radius 3 is 1.55 bits per heavy atom. The van der Waals surface area contributed by atoms with E-state index in [4.69, 9.17) is 0 Å². The number of hydrogen-bond acceptors (Lipinski definition) is 1. The van der Waals surface area contributed by atoms with Gasteiger partial charge in [-0.15, -0.1) is 11.3 Å². The molecule has 6 aromatic rings. The van der Waals surface area contributed by atoms with Crippen molar-refractivity contribution in [2.75, 3.05) is 0 Å². The van der Waals surface area contributed by atoms with Crippen LogP contribution in [0.15, 0.2) is 158 Å². The van der Waals surface area contributed by atoms with E-state index in [1.165, 1.54) is 87.7 Å². The normalized spacial score (nSPS) is 12.4. The summed E-state index contributed by atoms with van der Waals surface area (Å²) in [7, 11) is 0. The van der Waals surface area contributed by atoms with Crippen LogP contribution in [0.1, 0.15) is 120 Å². The second-order valence-electron chi connectivity index (χ2n) is 15.5. The molecule has 0 nitrogen and oxygen atoms in total. The lowest BCUT2D eigenvalue weighted by Gasteiger charge is -2.20. The van der Waals surface area contributed by atoms with Gasteiger partial charge in [0.15, 0.2) is 0 Å². The lowest BCUT2D eigenvalue weighted by molar-refractivity contribution is 0.660. The Labute approximate surface area is 369 Å². The average Bonchev–Trinajstić information content (AvgIpc) is 3.67. The van der Waals surface area contributed by atoms with Crippen LogP contribution in [-0.4, -0.2) is 0 Å². The van der Waals surface area contributed by atoms with Gasteiger partial charge in [0.05, 0.1) is 0 Å². The van der Waals surface area contributed by atoms with Crippen molar-refractivity contribution in [3.8, 4) is 11.1 Å². The maximum absolute atomic E-state index is 3.99. The zero-order valence-corrected chi connectivity index (χ0v) is 39.7. The zero-order valence-electron chi connectivity index (χ0n) is 38.9. The van der Waals surface area contributed by atoms with Crippen molar-refractivity contribution in [3.63, 3.8) is 0 Å².